The molecule has 0 bridgehead atoms. The van der Waals surface area contributed by atoms with Crippen molar-refractivity contribution in [2.75, 3.05) is 11.9 Å². The fourth-order valence-electron chi connectivity index (χ4n) is 1.03. The summed E-state index contributed by atoms with van der Waals surface area (Å²) in [7, 11) is -3.62. The van der Waals surface area contributed by atoms with Gasteiger partial charge in [0.05, 0.1) is 17.4 Å². The van der Waals surface area contributed by atoms with Crippen LogP contribution in [-0.4, -0.2) is 15.0 Å². The highest BCUT2D eigenvalue weighted by molar-refractivity contribution is 7.89. The van der Waals surface area contributed by atoms with Crippen LogP contribution in [0.2, 0.25) is 0 Å². The van der Waals surface area contributed by atoms with Crippen molar-refractivity contribution in [1.29, 1.82) is 5.26 Å². The van der Waals surface area contributed by atoms with Gasteiger partial charge in [0.25, 0.3) is 0 Å². The highest BCUT2D eigenvalue weighted by atomic mass is 32.2. The minimum atomic E-state index is -3.62. The molecule has 0 spiro atoms. The maximum atomic E-state index is 10.9. The van der Waals surface area contributed by atoms with Crippen LogP contribution >= 0.6 is 0 Å². The molecule has 0 aliphatic heterocycles. The molecule has 0 fully saturated rings. The molecule has 80 valence electrons. The largest absolute Gasteiger partial charge is 0.384 e. The van der Waals surface area contributed by atoms with Gasteiger partial charge >= 0.3 is 0 Å². The average molecular weight is 225 g/mol. The fourth-order valence-corrected chi connectivity index (χ4v) is 1.54. The first kappa shape index (κ1) is 11.5. The Hall–Kier alpha value is -1.58. The molecule has 6 heteroatoms. The van der Waals surface area contributed by atoms with Crippen LogP contribution in [0.15, 0.2) is 29.2 Å². The van der Waals surface area contributed by atoms with Crippen LogP contribution < -0.4 is 10.5 Å². The van der Waals surface area contributed by atoms with E-state index in [0.717, 1.165) is 5.69 Å². The number of primary sulfonamides is 1. The van der Waals surface area contributed by atoms with Crippen LogP contribution in [0.4, 0.5) is 5.69 Å². The van der Waals surface area contributed by atoms with Gasteiger partial charge < -0.3 is 5.32 Å². The summed E-state index contributed by atoms with van der Waals surface area (Å²) in [5.74, 6) is 0. The Morgan fingerprint density at radius 1 is 1.33 bits per heavy atom. The SMILES string of the molecule is N#CCCNc1ccc(S(N)(=O)=O)cc1. The zero-order chi connectivity index (χ0) is 11.3. The zero-order valence-corrected chi connectivity index (χ0v) is 8.79. The van der Waals surface area contributed by atoms with Crippen LogP contribution in [0.5, 0.6) is 0 Å². The molecule has 1 rings (SSSR count). The third kappa shape index (κ3) is 3.58. The van der Waals surface area contributed by atoms with Gasteiger partial charge in [0.1, 0.15) is 0 Å². The van der Waals surface area contributed by atoms with Crippen LogP contribution in [0.25, 0.3) is 0 Å². The third-order valence-corrected chi connectivity index (χ3v) is 2.68. The number of rotatable bonds is 4. The van der Waals surface area contributed by atoms with Crippen molar-refractivity contribution in [3.63, 3.8) is 0 Å². The molecule has 0 aliphatic rings. The Morgan fingerprint density at radius 3 is 2.40 bits per heavy atom. The summed E-state index contributed by atoms with van der Waals surface area (Å²) in [5.41, 5.74) is 0.762. The Balaban J connectivity index is 2.70. The number of nitrogens with two attached hydrogens (primary N) is 1. The molecular formula is C9H11N3O2S. The molecule has 5 nitrogen and oxygen atoms in total. The smallest absolute Gasteiger partial charge is 0.238 e. The summed E-state index contributed by atoms with van der Waals surface area (Å²) in [6.45, 7) is 0.533. The molecule has 0 saturated carbocycles. The molecule has 1 aromatic carbocycles. The molecule has 0 amide bonds. The second-order valence-electron chi connectivity index (χ2n) is 2.90. The minimum Gasteiger partial charge on any atom is -0.384 e. The van der Waals surface area contributed by atoms with Crippen LogP contribution in [-0.2, 0) is 10.0 Å². The van der Waals surface area contributed by atoms with Crippen LogP contribution in [0.1, 0.15) is 6.42 Å². The lowest BCUT2D eigenvalue weighted by atomic mass is 10.3. The fraction of sp³-hybridized carbons (Fsp3) is 0.222. The summed E-state index contributed by atoms with van der Waals surface area (Å²) in [5, 5.41) is 16.2. The zero-order valence-electron chi connectivity index (χ0n) is 7.97. The number of benzene rings is 1. The number of hydrogen-bond acceptors (Lipinski definition) is 4. The summed E-state index contributed by atoms with van der Waals surface area (Å²) in [6, 6.07) is 8.05. The highest BCUT2D eigenvalue weighted by Crippen LogP contribution is 2.12. The first-order valence-electron chi connectivity index (χ1n) is 4.28. The Labute approximate surface area is 88.6 Å². The number of hydrogen-bond donors (Lipinski definition) is 2. The lowest BCUT2D eigenvalue weighted by molar-refractivity contribution is 0.598. The van der Waals surface area contributed by atoms with E-state index in [1.165, 1.54) is 12.1 Å². The molecular weight excluding hydrogens is 214 g/mol. The van der Waals surface area contributed by atoms with Crippen molar-refractivity contribution in [3.8, 4) is 6.07 Å². The second kappa shape index (κ2) is 4.77. The van der Waals surface area contributed by atoms with Gasteiger partial charge in [-0.15, -0.1) is 0 Å². The molecule has 0 saturated heterocycles. The maximum Gasteiger partial charge on any atom is 0.238 e. The maximum absolute atomic E-state index is 10.9. The van der Waals surface area contributed by atoms with Crippen LogP contribution in [0.3, 0.4) is 0 Å². The number of sulfonamides is 1. The second-order valence-corrected chi connectivity index (χ2v) is 4.47. The van der Waals surface area contributed by atoms with Gasteiger partial charge in [0, 0.05) is 12.2 Å². The van der Waals surface area contributed by atoms with Crippen molar-refractivity contribution in [3.05, 3.63) is 24.3 Å². The summed E-state index contributed by atoms with van der Waals surface area (Å²) in [4.78, 5) is 0.0772. The monoisotopic (exact) mass is 225 g/mol. The van der Waals surface area contributed by atoms with Crippen molar-refractivity contribution >= 4 is 15.7 Å². The molecule has 0 unspecified atom stereocenters. The molecule has 3 N–H and O–H groups in total. The number of nitriles is 1. The Kier molecular flexibility index (Phi) is 3.66. The lowest BCUT2D eigenvalue weighted by Crippen LogP contribution is -2.12. The van der Waals surface area contributed by atoms with Gasteiger partial charge in [0.15, 0.2) is 0 Å². The molecule has 0 aliphatic carbocycles. The van der Waals surface area contributed by atoms with E-state index in [0.29, 0.717) is 13.0 Å². The summed E-state index contributed by atoms with van der Waals surface area (Å²) < 4.78 is 21.8. The quantitative estimate of drug-likeness (QED) is 0.736. The van der Waals surface area contributed by atoms with Gasteiger partial charge in [-0.3, -0.25) is 0 Å². The third-order valence-electron chi connectivity index (χ3n) is 1.75. The Morgan fingerprint density at radius 2 is 1.93 bits per heavy atom. The van der Waals surface area contributed by atoms with Gasteiger partial charge in [-0.1, -0.05) is 0 Å². The molecule has 0 heterocycles. The minimum absolute atomic E-state index is 0.0772. The predicted octanol–water partition coefficient (Wildman–Crippen LogP) is 0.660. The van der Waals surface area contributed by atoms with E-state index >= 15 is 0 Å². The topological polar surface area (TPSA) is 96.0 Å². The molecule has 0 atom stereocenters. The number of anilines is 1. The van der Waals surface area contributed by atoms with Crippen LogP contribution in [0, 0.1) is 11.3 Å². The van der Waals surface area contributed by atoms with Gasteiger partial charge in [-0.2, -0.15) is 5.26 Å². The molecule has 1 aromatic rings. The van der Waals surface area contributed by atoms with Gasteiger partial charge in [0.2, 0.25) is 10.0 Å². The van der Waals surface area contributed by atoms with E-state index in [1.54, 1.807) is 12.1 Å². The standard InChI is InChI=1S/C9H11N3O2S/c10-6-1-7-12-8-2-4-9(5-3-8)15(11,13)14/h2-5,12H,1,7H2,(H2,11,13,14). The van der Waals surface area contributed by atoms with Gasteiger partial charge in [-0.25, -0.2) is 13.6 Å². The first-order chi connectivity index (χ1) is 7.04. The highest BCUT2D eigenvalue weighted by Gasteiger charge is 2.05. The van der Waals surface area contributed by atoms with E-state index in [1.807, 2.05) is 6.07 Å². The van der Waals surface area contributed by atoms with Gasteiger partial charge in [-0.05, 0) is 24.3 Å². The van der Waals surface area contributed by atoms with E-state index in [-0.39, 0.29) is 4.90 Å². The summed E-state index contributed by atoms with van der Waals surface area (Å²) in [6.07, 6.45) is 0.400. The number of nitrogens with one attached hydrogen (secondary N) is 1. The van der Waals surface area contributed by atoms with E-state index < -0.39 is 10.0 Å². The normalized spacial score (nSPS) is 10.7. The first-order valence-corrected chi connectivity index (χ1v) is 5.82. The van der Waals surface area contributed by atoms with E-state index in [4.69, 9.17) is 10.4 Å². The Bertz CT molecular complexity index is 459. The predicted molar refractivity (Wildman–Crippen MR) is 56.5 cm³/mol. The number of nitrogens with zero attached hydrogens (tertiary/aromatic N) is 1. The molecule has 15 heavy (non-hydrogen) atoms. The molecule has 0 aromatic heterocycles. The van der Waals surface area contributed by atoms with Crippen molar-refractivity contribution < 1.29 is 8.42 Å². The van der Waals surface area contributed by atoms with Crippen molar-refractivity contribution in [2.45, 2.75) is 11.3 Å². The van der Waals surface area contributed by atoms with E-state index in [2.05, 4.69) is 5.32 Å². The molecule has 0 radical (unpaired) electrons. The summed E-state index contributed by atoms with van der Waals surface area (Å²) >= 11 is 0. The van der Waals surface area contributed by atoms with Crippen molar-refractivity contribution in [2.24, 2.45) is 5.14 Å². The lowest BCUT2D eigenvalue weighted by Gasteiger charge is -2.04. The van der Waals surface area contributed by atoms with Crippen molar-refractivity contribution in [1.82, 2.24) is 0 Å². The van der Waals surface area contributed by atoms with E-state index in [9.17, 15) is 8.42 Å². The average Bonchev–Trinajstić information content (AvgIpc) is 2.18.